The smallest absolute Gasteiger partial charge is 0.253 e. The first-order valence-corrected chi connectivity index (χ1v) is 7.00. The van der Waals surface area contributed by atoms with E-state index in [1.807, 2.05) is 6.07 Å². The summed E-state index contributed by atoms with van der Waals surface area (Å²) >= 11 is 0. The molecule has 0 aromatic heterocycles. The number of benzene rings is 1. The molecule has 1 amide bonds. The first kappa shape index (κ1) is 14.7. The third-order valence-corrected chi connectivity index (χ3v) is 3.80. The van der Waals surface area contributed by atoms with Crippen molar-refractivity contribution in [3.05, 3.63) is 23.8 Å². The monoisotopic (exact) mass is 277 g/mol. The zero-order valence-corrected chi connectivity index (χ0v) is 12.2. The molecule has 2 rings (SSSR count). The average molecular weight is 277 g/mol. The molecule has 5 heteroatoms. The Kier molecular flexibility index (Phi) is 4.49. The molecule has 0 radical (unpaired) electrons. The summed E-state index contributed by atoms with van der Waals surface area (Å²) in [5, 5.41) is 9.32. The second-order valence-corrected chi connectivity index (χ2v) is 5.61. The van der Waals surface area contributed by atoms with Crippen molar-refractivity contribution in [1.29, 1.82) is 0 Å². The molecule has 1 aliphatic heterocycles. The molecule has 0 saturated carbocycles. The molecule has 1 saturated heterocycles. The quantitative estimate of drug-likeness (QED) is 0.814. The lowest BCUT2D eigenvalue weighted by molar-refractivity contribution is 0.0827. The standard InChI is InChI=1S/C15H23N3O2/c1-17(2)15(20)12-5-6-13(16)14(8-12)18-7-3-4-11(9-18)10-19/h5-6,8,11,19H,3-4,7,9-10,16H2,1-2H3. The maximum atomic E-state index is 12.0. The first-order chi connectivity index (χ1) is 9.52. The van der Waals surface area contributed by atoms with Crippen LogP contribution in [0, 0.1) is 5.92 Å². The minimum atomic E-state index is -0.0260. The highest BCUT2D eigenvalue weighted by Crippen LogP contribution is 2.29. The Morgan fingerprint density at radius 1 is 1.50 bits per heavy atom. The predicted octanol–water partition coefficient (Wildman–Crippen LogP) is 1.18. The van der Waals surface area contributed by atoms with E-state index in [4.69, 9.17) is 5.73 Å². The summed E-state index contributed by atoms with van der Waals surface area (Å²) in [7, 11) is 3.47. The fraction of sp³-hybridized carbons (Fsp3) is 0.533. The Morgan fingerprint density at radius 2 is 2.25 bits per heavy atom. The first-order valence-electron chi connectivity index (χ1n) is 7.00. The molecule has 1 heterocycles. The van der Waals surface area contributed by atoms with E-state index in [1.165, 1.54) is 0 Å². The highest BCUT2D eigenvalue weighted by atomic mass is 16.3. The molecule has 0 spiro atoms. The summed E-state index contributed by atoms with van der Waals surface area (Å²) in [6, 6.07) is 5.40. The summed E-state index contributed by atoms with van der Waals surface area (Å²) in [6.07, 6.45) is 2.08. The number of nitrogens with zero attached hydrogens (tertiary/aromatic N) is 2. The second-order valence-electron chi connectivity index (χ2n) is 5.61. The highest BCUT2D eigenvalue weighted by molar-refractivity contribution is 5.96. The molecule has 0 aliphatic carbocycles. The maximum Gasteiger partial charge on any atom is 0.253 e. The zero-order chi connectivity index (χ0) is 14.7. The van der Waals surface area contributed by atoms with Crippen molar-refractivity contribution < 1.29 is 9.90 Å². The van der Waals surface area contributed by atoms with E-state index in [0.29, 0.717) is 11.3 Å². The lowest BCUT2D eigenvalue weighted by atomic mass is 9.98. The number of carbonyl (C=O) groups is 1. The van der Waals surface area contributed by atoms with Crippen LogP contribution in [0.2, 0.25) is 0 Å². The fourth-order valence-corrected chi connectivity index (χ4v) is 2.64. The third kappa shape index (κ3) is 3.04. The number of nitrogen functional groups attached to an aromatic ring is 1. The van der Waals surface area contributed by atoms with Crippen LogP contribution >= 0.6 is 0 Å². The van der Waals surface area contributed by atoms with Gasteiger partial charge in [-0.2, -0.15) is 0 Å². The molecule has 1 fully saturated rings. The summed E-state index contributed by atoms with van der Waals surface area (Å²) in [6.45, 7) is 1.91. The number of aliphatic hydroxyl groups is 1. The van der Waals surface area contributed by atoms with Gasteiger partial charge in [-0.1, -0.05) is 0 Å². The van der Waals surface area contributed by atoms with Crippen molar-refractivity contribution in [2.24, 2.45) is 5.92 Å². The number of nitrogens with two attached hydrogens (primary N) is 1. The minimum absolute atomic E-state index is 0.0260. The van der Waals surface area contributed by atoms with E-state index in [9.17, 15) is 9.90 Å². The Bertz CT molecular complexity index is 488. The number of aliphatic hydroxyl groups excluding tert-OH is 1. The molecule has 1 unspecified atom stereocenters. The molecule has 0 bridgehead atoms. The average Bonchev–Trinajstić information content (AvgIpc) is 2.47. The molecular formula is C15H23N3O2. The van der Waals surface area contributed by atoms with Crippen LogP contribution in [0.3, 0.4) is 0 Å². The van der Waals surface area contributed by atoms with Crippen molar-refractivity contribution >= 4 is 17.3 Å². The molecule has 1 aromatic rings. The largest absolute Gasteiger partial charge is 0.397 e. The van der Waals surface area contributed by atoms with Gasteiger partial charge in [0.1, 0.15) is 0 Å². The van der Waals surface area contributed by atoms with Gasteiger partial charge in [-0.3, -0.25) is 4.79 Å². The number of rotatable bonds is 3. The number of amides is 1. The van der Waals surface area contributed by atoms with Gasteiger partial charge < -0.3 is 20.6 Å². The Hall–Kier alpha value is -1.75. The van der Waals surface area contributed by atoms with Crippen LogP contribution in [0.4, 0.5) is 11.4 Å². The second kappa shape index (κ2) is 6.13. The van der Waals surface area contributed by atoms with Crippen LogP contribution in [-0.4, -0.2) is 49.7 Å². The van der Waals surface area contributed by atoms with Crippen molar-refractivity contribution in [3.63, 3.8) is 0 Å². The molecule has 5 nitrogen and oxygen atoms in total. The van der Waals surface area contributed by atoms with Gasteiger partial charge in [0.15, 0.2) is 0 Å². The van der Waals surface area contributed by atoms with Gasteiger partial charge in [-0.15, -0.1) is 0 Å². The number of carbonyl (C=O) groups excluding carboxylic acids is 1. The van der Waals surface area contributed by atoms with E-state index in [2.05, 4.69) is 4.90 Å². The van der Waals surface area contributed by atoms with Gasteiger partial charge >= 0.3 is 0 Å². The SMILES string of the molecule is CN(C)C(=O)c1ccc(N)c(N2CCCC(CO)C2)c1. The Labute approximate surface area is 120 Å². The zero-order valence-electron chi connectivity index (χ0n) is 12.2. The molecule has 1 atom stereocenters. The van der Waals surface area contributed by atoms with Crippen LogP contribution in [0.1, 0.15) is 23.2 Å². The van der Waals surface area contributed by atoms with Crippen LogP contribution in [0.25, 0.3) is 0 Å². The van der Waals surface area contributed by atoms with E-state index >= 15 is 0 Å². The number of piperidine rings is 1. The summed E-state index contributed by atoms with van der Waals surface area (Å²) in [5.74, 6) is 0.262. The van der Waals surface area contributed by atoms with Crippen LogP contribution in [0.5, 0.6) is 0 Å². The normalized spacial score (nSPS) is 18.9. The molecule has 3 N–H and O–H groups in total. The highest BCUT2D eigenvalue weighted by Gasteiger charge is 2.22. The van der Waals surface area contributed by atoms with Crippen molar-refractivity contribution in [3.8, 4) is 0 Å². The third-order valence-electron chi connectivity index (χ3n) is 3.80. The van der Waals surface area contributed by atoms with E-state index in [-0.39, 0.29) is 18.4 Å². The Balaban J connectivity index is 2.26. The van der Waals surface area contributed by atoms with Gasteiger partial charge in [-0.05, 0) is 37.0 Å². The van der Waals surface area contributed by atoms with Crippen LogP contribution in [0.15, 0.2) is 18.2 Å². The van der Waals surface area contributed by atoms with Crippen LogP contribution < -0.4 is 10.6 Å². The van der Waals surface area contributed by atoms with E-state index < -0.39 is 0 Å². The van der Waals surface area contributed by atoms with E-state index in [0.717, 1.165) is 31.6 Å². The Morgan fingerprint density at radius 3 is 2.90 bits per heavy atom. The lowest BCUT2D eigenvalue weighted by Gasteiger charge is -2.34. The molecular weight excluding hydrogens is 254 g/mol. The predicted molar refractivity (Wildman–Crippen MR) is 80.9 cm³/mol. The van der Waals surface area contributed by atoms with Gasteiger partial charge in [-0.25, -0.2) is 0 Å². The van der Waals surface area contributed by atoms with Crippen molar-refractivity contribution in [2.75, 3.05) is 44.4 Å². The topological polar surface area (TPSA) is 69.8 Å². The molecule has 1 aromatic carbocycles. The number of anilines is 2. The van der Waals surface area contributed by atoms with Gasteiger partial charge in [0, 0.05) is 39.4 Å². The molecule has 1 aliphatic rings. The lowest BCUT2D eigenvalue weighted by Crippen LogP contribution is -2.37. The van der Waals surface area contributed by atoms with Crippen LogP contribution in [-0.2, 0) is 0 Å². The van der Waals surface area contributed by atoms with Crippen molar-refractivity contribution in [2.45, 2.75) is 12.8 Å². The minimum Gasteiger partial charge on any atom is -0.397 e. The molecule has 20 heavy (non-hydrogen) atoms. The fourth-order valence-electron chi connectivity index (χ4n) is 2.64. The van der Waals surface area contributed by atoms with Crippen molar-refractivity contribution in [1.82, 2.24) is 4.90 Å². The molecule has 110 valence electrons. The van der Waals surface area contributed by atoms with Gasteiger partial charge in [0.25, 0.3) is 5.91 Å². The summed E-state index contributed by atoms with van der Waals surface area (Å²) < 4.78 is 0. The number of hydrogen-bond donors (Lipinski definition) is 2. The summed E-state index contributed by atoms with van der Waals surface area (Å²) in [4.78, 5) is 15.8. The number of hydrogen-bond acceptors (Lipinski definition) is 4. The van der Waals surface area contributed by atoms with E-state index in [1.54, 1.807) is 31.1 Å². The maximum absolute atomic E-state index is 12.0. The van der Waals surface area contributed by atoms with Gasteiger partial charge in [0.05, 0.1) is 11.4 Å². The summed E-state index contributed by atoms with van der Waals surface area (Å²) in [5.41, 5.74) is 8.28. The van der Waals surface area contributed by atoms with Gasteiger partial charge in [0.2, 0.25) is 0 Å².